The number of anilines is 1. The molecule has 2 heterocycles. The van der Waals surface area contributed by atoms with Crippen LogP contribution in [0.4, 0.5) is 5.82 Å². The van der Waals surface area contributed by atoms with Gasteiger partial charge in [-0.25, -0.2) is 0 Å². The molecule has 0 atom stereocenters. The molecule has 0 radical (unpaired) electrons. The molecule has 7 heteroatoms. The lowest BCUT2D eigenvalue weighted by atomic mass is 10.0. The summed E-state index contributed by atoms with van der Waals surface area (Å²) in [5, 5.41) is 8.30. The van der Waals surface area contributed by atoms with Crippen molar-refractivity contribution in [3.8, 4) is 5.75 Å². The first-order valence-corrected chi connectivity index (χ1v) is 10.3. The van der Waals surface area contributed by atoms with Crippen LogP contribution >= 0.6 is 0 Å². The Morgan fingerprint density at radius 3 is 2.16 bits per heavy atom. The monoisotopic (exact) mass is 416 g/mol. The van der Waals surface area contributed by atoms with Crippen molar-refractivity contribution in [1.29, 1.82) is 0 Å². The molecule has 1 fully saturated rings. The molecule has 0 bridgehead atoms. The van der Waals surface area contributed by atoms with Crippen molar-refractivity contribution in [1.82, 2.24) is 15.1 Å². The highest BCUT2D eigenvalue weighted by atomic mass is 16.5. The third-order valence-electron chi connectivity index (χ3n) is 5.25. The third-order valence-corrected chi connectivity index (χ3v) is 5.25. The third kappa shape index (κ3) is 5.06. The smallest absolute Gasteiger partial charge is 0.260 e. The van der Waals surface area contributed by atoms with E-state index in [9.17, 15) is 9.59 Å². The quantitative estimate of drug-likeness (QED) is 0.575. The summed E-state index contributed by atoms with van der Waals surface area (Å²) in [6.07, 6.45) is 0. The molecule has 1 amide bonds. The molecular formula is C24H24N4O3. The Balaban J connectivity index is 1.26. The molecule has 1 aliphatic heterocycles. The first kappa shape index (κ1) is 20.5. The molecule has 0 N–H and O–H groups in total. The van der Waals surface area contributed by atoms with Gasteiger partial charge in [0.05, 0.1) is 5.69 Å². The molecule has 2 aromatic carbocycles. The number of aromatic nitrogens is 2. The largest absolute Gasteiger partial charge is 0.484 e. The number of hydrogen-bond donors (Lipinski definition) is 0. The average Bonchev–Trinajstić information content (AvgIpc) is 2.83. The first-order chi connectivity index (χ1) is 15.1. The van der Waals surface area contributed by atoms with Gasteiger partial charge in [0.2, 0.25) is 0 Å². The fourth-order valence-electron chi connectivity index (χ4n) is 3.44. The van der Waals surface area contributed by atoms with E-state index < -0.39 is 0 Å². The van der Waals surface area contributed by atoms with Gasteiger partial charge >= 0.3 is 0 Å². The predicted molar refractivity (Wildman–Crippen MR) is 117 cm³/mol. The summed E-state index contributed by atoms with van der Waals surface area (Å²) in [4.78, 5) is 28.9. The summed E-state index contributed by atoms with van der Waals surface area (Å²) in [5.74, 6) is 1.30. The molecular weight excluding hydrogens is 392 g/mol. The summed E-state index contributed by atoms with van der Waals surface area (Å²) in [5.41, 5.74) is 2.11. The highest BCUT2D eigenvalue weighted by Gasteiger charge is 2.22. The zero-order valence-electron chi connectivity index (χ0n) is 17.4. The van der Waals surface area contributed by atoms with Crippen LogP contribution in [0.15, 0.2) is 66.7 Å². The molecule has 0 unspecified atom stereocenters. The summed E-state index contributed by atoms with van der Waals surface area (Å²) >= 11 is 0. The van der Waals surface area contributed by atoms with Crippen LogP contribution in [-0.2, 0) is 4.79 Å². The molecule has 4 rings (SSSR count). The van der Waals surface area contributed by atoms with Crippen LogP contribution in [0.5, 0.6) is 5.75 Å². The molecule has 31 heavy (non-hydrogen) atoms. The normalized spacial score (nSPS) is 13.7. The van der Waals surface area contributed by atoms with Crippen molar-refractivity contribution in [3.63, 3.8) is 0 Å². The molecule has 0 aliphatic carbocycles. The fraction of sp³-hybridized carbons (Fsp3) is 0.250. The SMILES string of the molecule is Cc1ccc(N2CCN(C(=O)COc3ccc(C(=O)c4ccccc4)cc3)CC2)nn1. The van der Waals surface area contributed by atoms with Crippen LogP contribution < -0.4 is 9.64 Å². The second-order valence-corrected chi connectivity index (χ2v) is 7.41. The van der Waals surface area contributed by atoms with Gasteiger partial charge in [-0.3, -0.25) is 9.59 Å². The van der Waals surface area contributed by atoms with E-state index >= 15 is 0 Å². The van der Waals surface area contributed by atoms with Crippen LogP contribution in [0.25, 0.3) is 0 Å². The minimum absolute atomic E-state index is 0.0314. The molecule has 158 valence electrons. The Morgan fingerprint density at radius 1 is 0.839 bits per heavy atom. The summed E-state index contributed by atoms with van der Waals surface area (Å²) in [6, 6.07) is 19.9. The number of rotatable bonds is 6. The van der Waals surface area contributed by atoms with Crippen molar-refractivity contribution < 1.29 is 14.3 Å². The van der Waals surface area contributed by atoms with E-state index in [1.165, 1.54) is 0 Å². The summed E-state index contributed by atoms with van der Waals surface area (Å²) in [7, 11) is 0. The van der Waals surface area contributed by atoms with Gasteiger partial charge in [0, 0.05) is 37.3 Å². The number of amides is 1. The number of carbonyl (C=O) groups is 2. The lowest BCUT2D eigenvalue weighted by Crippen LogP contribution is -2.50. The topological polar surface area (TPSA) is 75.6 Å². The Hall–Kier alpha value is -3.74. The number of hydrogen-bond acceptors (Lipinski definition) is 6. The zero-order valence-corrected chi connectivity index (χ0v) is 17.4. The van der Waals surface area contributed by atoms with Crippen molar-refractivity contribution >= 4 is 17.5 Å². The molecule has 1 saturated heterocycles. The molecule has 1 aliphatic rings. The molecule has 0 saturated carbocycles. The molecule has 1 aromatic heterocycles. The number of ketones is 1. The molecule has 3 aromatic rings. The van der Waals surface area contributed by atoms with E-state index in [1.54, 1.807) is 41.3 Å². The van der Waals surface area contributed by atoms with E-state index in [1.807, 2.05) is 37.3 Å². The standard InChI is InChI=1S/C24H24N4O3/c1-18-7-12-22(26-25-18)27-13-15-28(16-14-27)23(29)17-31-21-10-8-20(9-11-21)24(30)19-5-3-2-4-6-19/h2-12H,13-17H2,1H3. The molecule has 7 nitrogen and oxygen atoms in total. The van der Waals surface area contributed by atoms with Gasteiger partial charge in [-0.05, 0) is 43.3 Å². The highest BCUT2D eigenvalue weighted by molar-refractivity contribution is 6.08. The number of carbonyl (C=O) groups excluding carboxylic acids is 2. The number of nitrogens with zero attached hydrogens (tertiary/aromatic N) is 4. The minimum Gasteiger partial charge on any atom is -0.484 e. The lowest BCUT2D eigenvalue weighted by Gasteiger charge is -2.35. The Labute approximate surface area is 181 Å². The van der Waals surface area contributed by atoms with Crippen LogP contribution in [0.1, 0.15) is 21.6 Å². The number of benzene rings is 2. The van der Waals surface area contributed by atoms with E-state index in [0.29, 0.717) is 43.1 Å². The Kier molecular flexibility index (Phi) is 6.21. The van der Waals surface area contributed by atoms with Gasteiger partial charge < -0.3 is 14.5 Å². The number of ether oxygens (including phenoxy) is 1. The maximum Gasteiger partial charge on any atom is 0.260 e. The average molecular weight is 416 g/mol. The van der Waals surface area contributed by atoms with E-state index in [2.05, 4.69) is 15.1 Å². The van der Waals surface area contributed by atoms with E-state index in [4.69, 9.17) is 4.74 Å². The Bertz CT molecular complexity index is 1030. The van der Waals surface area contributed by atoms with E-state index in [-0.39, 0.29) is 18.3 Å². The summed E-state index contributed by atoms with van der Waals surface area (Å²) < 4.78 is 5.65. The second kappa shape index (κ2) is 9.38. The second-order valence-electron chi connectivity index (χ2n) is 7.41. The van der Waals surface area contributed by atoms with Crippen molar-refractivity contribution in [2.45, 2.75) is 6.92 Å². The van der Waals surface area contributed by atoms with Crippen molar-refractivity contribution in [3.05, 3.63) is 83.6 Å². The van der Waals surface area contributed by atoms with Gasteiger partial charge in [0.1, 0.15) is 5.75 Å². The first-order valence-electron chi connectivity index (χ1n) is 10.3. The van der Waals surface area contributed by atoms with Gasteiger partial charge in [0.25, 0.3) is 5.91 Å². The van der Waals surface area contributed by atoms with Gasteiger partial charge in [-0.1, -0.05) is 30.3 Å². The maximum atomic E-state index is 12.5. The van der Waals surface area contributed by atoms with Crippen LogP contribution in [0.3, 0.4) is 0 Å². The van der Waals surface area contributed by atoms with Gasteiger partial charge in [0.15, 0.2) is 18.2 Å². The van der Waals surface area contributed by atoms with Crippen molar-refractivity contribution in [2.75, 3.05) is 37.7 Å². The van der Waals surface area contributed by atoms with Crippen LogP contribution in [-0.4, -0.2) is 59.6 Å². The molecule has 0 spiro atoms. The number of aryl methyl sites for hydroxylation is 1. The summed E-state index contributed by atoms with van der Waals surface area (Å²) in [6.45, 7) is 4.52. The predicted octanol–water partition coefficient (Wildman–Crippen LogP) is 2.74. The van der Waals surface area contributed by atoms with Gasteiger partial charge in [-0.2, -0.15) is 5.10 Å². The lowest BCUT2D eigenvalue weighted by molar-refractivity contribution is -0.133. The van der Waals surface area contributed by atoms with Crippen molar-refractivity contribution in [2.24, 2.45) is 0 Å². The number of piperazine rings is 1. The highest BCUT2D eigenvalue weighted by Crippen LogP contribution is 2.16. The van der Waals surface area contributed by atoms with Crippen LogP contribution in [0, 0.1) is 6.92 Å². The minimum atomic E-state index is -0.0564. The maximum absolute atomic E-state index is 12.5. The fourth-order valence-corrected chi connectivity index (χ4v) is 3.44. The van der Waals surface area contributed by atoms with Gasteiger partial charge in [-0.15, -0.1) is 5.10 Å². The Morgan fingerprint density at radius 2 is 1.52 bits per heavy atom. The van der Waals surface area contributed by atoms with E-state index in [0.717, 1.165) is 11.5 Å². The zero-order chi connectivity index (χ0) is 21.6. The van der Waals surface area contributed by atoms with Crippen LogP contribution in [0.2, 0.25) is 0 Å².